The minimum Gasteiger partial charge on any atom is -0.444 e. The molecule has 1 aliphatic heterocycles. The van der Waals surface area contributed by atoms with Crippen LogP contribution in [-0.4, -0.2) is 28.7 Å². The summed E-state index contributed by atoms with van der Waals surface area (Å²) in [5, 5.41) is 0. The van der Waals surface area contributed by atoms with Crippen molar-refractivity contribution in [1.82, 2.24) is 4.90 Å². The Bertz CT molecular complexity index is 282. The zero-order valence-corrected chi connectivity index (χ0v) is 12.3. The summed E-state index contributed by atoms with van der Waals surface area (Å²) >= 11 is 0. The second kappa shape index (κ2) is 4.87. The third-order valence-electron chi connectivity index (χ3n) is 4.01. The van der Waals surface area contributed by atoms with E-state index in [0.717, 1.165) is 6.42 Å². The molecule has 3 nitrogen and oxygen atoms in total. The normalized spacial score (nSPS) is 33.9. The maximum Gasteiger partial charge on any atom is 0.410 e. The van der Waals surface area contributed by atoms with Crippen LogP contribution in [0.2, 0.25) is 0 Å². The van der Waals surface area contributed by atoms with Crippen LogP contribution >= 0.6 is 0 Å². The lowest BCUT2D eigenvalue weighted by molar-refractivity contribution is 0.0153. The van der Waals surface area contributed by atoms with Gasteiger partial charge in [0, 0.05) is 12.1 Å². The molecule has 1 heterocycles. The zero-order chi connectivity index (χ0) is 13.4. The maximum absolute atomic E-state index is 12.2. The van der Waals surface area contributed by atoms with E-state index in [9.17, 15) is 4.79 Å². The van der Waals surface area contributed by atoms with E-state index in [2.05, 4.69) is 27.7 Å². The van der Waals surface area contributed by atoms with Gasteiger partial charge in [-0.15, -0.1) is 0 Å². The molecule has 0 aromatic heterocycles. The third kappa shape index (κ3) is 2.93. The Morgan fingerprint density at radius 3 is 2.06 bits per heavy atom. The van der Waals surface area contributed by atoms with E-state index in [0.29, 0.717) is 11.8 Å². The molecule has 17 heavy (non-hydrogen) atoms. The van der Waals surface area contributed by atoms with E-state index in [-0.39, 0.29) is 18.2 Å². The van der Waals surface area contributed by atoms with E-state index >= 15 is 0 Å². The molecule has 1 aliphatic rings. The Hall–Kier alpha value is -0.730. The van der Waals surface area contributed by atoms with E-state index in [1.807, 2.05) is 25.7 Å². The van der Waals surface area contributed by atoms with Crippen LogP contribution < -0.4 is 0 Å². The topological polar surface area (TPSA) is 29.5 Å². The maximum atomic E-state index is 12.2. The fraction of sp³-hybridized carbons (Fsp3) is 0.929. The Morgan fingerprint density at radius 2 is 1.71 bits per heavy atom. The van der Waals surface area contributed by atoms with Crippen molar-refractivity contribution in [2.75, 3.05) is 0 Å². The van der Waals surface area contributed by atoms with Crippen molar-refractivity contribution in [3.63, 3.8) is 0 Å². The summed E-state index contributed by atoms with van der Waals surface area (Å²) in [4.78, 5) is 14.1. The van der Waals surface area contributed by atoms with E-state index < -0.39 is 5.60 Å². The molecule has 0 bridgehead atoms. The van der Waals surface area contributed by atoms with Gasteiger partial charge in [0.25, 0.3) is 0 Å². The highest BCUT2D eigenvalue weighted by molar-refractivity contribution is 5.69. The molecule has 0 saturated carbocycles. The van der Waals surface area contributed by atoms with Gasteiger partial charge in [0.05, 0.1) is 0 Å². The number of amides is 1. The summed E-state index contributed by atoms with van der Waals surface area (Å²) in [6, 6.07) is 0.546. The van der Waals surface area contributed by atoms with Crippen molar-refractivity contribution < 1.29 is 9.53 Å². The third-order valence-corrected chi connectivity index (χ3v) is 4.01. The number of rotatable bonds is 1. The smallest absolute Gasteiger partial charge is 0.410 e. The number of likely N-dealkylation sites (tertiary alicyclic amines) is 1. The summed E-state index contributed by atoms with van der Waals surface area (Å²) < 4.78 is 5.49. The monoisotopic (exact) mass is 241 g/mol. The predicted octanol–water partition coefficient (Wildman–Crippen LogP) is 3.68. The minimum atomic E-state index is -0.413. The van der Waals surface area contributed by atoms with Crippen LogP contribution in [-0.2, 0) is 4.74 Å². The largest absolute Gasteiger partial charge is 0.444 e. The number of hydrogen-bond donors (Lipinski definition) is 0. The van der Waals surface area contributed by atoms with Crippen LogP contribution in [0.15, 0.2) is 0 Å². The van der Waals surface area contributed by atoms with Gasteiger partial charge in [0.2, 0.25) is 0 Å². The summed E-state index contributed by atoms with van der Waals surface area (Å²) in [5.41, 5.74) is -0.413. The number of carbonyl (C=O) groups excluding carboxylic acids is 1. The number of ether oxygens (including phenoxy) is 1. The van der Waals surface area contributed by atoms with Crippen molar-refractivity contribution in [3.8, 4) is 0 Å². The molecular formula is C14H27NO2. The second-order valence-electron chi connectivity index (χ2n) is 6.30. The fourth-order valence-electron chi connectivity index (χ4n) is 2.99. The first kappa shape index (κ1) is 14.3. The van der Waals surface area contributed by atoms with Crippen molar-refractivity contribution >= 4 is 6.09 Å². The zero-order valence-electron chi connectivity index (χ0n) is 12.3. The lowest BCUT2D eigenvalue weighted by Gasteiger charge is -2.30. The van der Waals surface area contributed by atoms with E-state index in [1.54, 1.807) is 0 Å². The first-order chi connectivity index (χ1) is 7.69. The van der Waals surface area contributed by atoms with Gasteiger partial charge >= 0.3 is 6.09 Å². The van der Waals surface area contributed by atoms with Gasteiger partial charge in [0.15, 0.2) is 0 Å². The Kier molecular flexibility index (Phi) is 4.11. The highest BCUT2D eigenvalue weighted by Crippen LogP contribution is 2.37. The summed E-state index contributed by atoms with van der Waals surface area (Å²) in [5.74, 6) is 1.13. The first-order valence-electron chi connectivity index (χ1n) is 6.70. The average molecular weight is 241 g/mol. The number of carbonyl (C=O) groups is 1. The molecule has 0 aliphatic carbocycles. The van der Waals surface area contributed by atoms with Crippen molar-refractivity contribution in [2.24, 2.45) is 11.8 Å². The molecule has 0 spiro atoms. The minimum absolute atomic E-state index is 0.166. The Morgan fingerprint density at radius 1 is 1.18 bits per heavy atom. The second-order valence-corrected chi connectivity index (χ2v) is 6.30. The fourth-order valence-corrected chi connectivity index (χ4v) is 2.99. The Labute approximate surface area is 106 Å². The van der Waals surface area contributed by atoms with E-state index in [1.165, 1.54) is 0 Å². The molecule has 1 saturated heterocycles. The van der Waals surface area contributed by atoms with Crippen LogP contribution in [0.25, 0.3) is 0 Å². The van der Waals surface area contributed by atoms with Crippen LogP contribution in [0.3, 0.4) is 0 Å². The van der Waals surface area contributed by atoms with Gasteiger partial charge in [-0.1, -0.05) is 20.3 Å². The highest BCUT2D eigenvalue weighted by Gasteiger charge is 2.44. The standard InChI is InChI=1S/C14H27NO2/c1-8-12-9(2)10(3)15(11(12)4)13(16)17-14(5,6)7/h9-12H,8H2,1-7H3/t9-,10+,11?,12?/m1/s1. The van der Waals surface area contributed by atoms with Crippen LogP contribution in [0, 0.1) is 11.8 Å². The summed E-state index contributed by atoms with van der Waals surface area (Å²) in [6.07, 6.45) is 0.951. The molecule has 100 valence electrons. The van der Waals surface area contributed by atoms with Gasteiger partial charge in [0.1, 0.15) is 5.60 Å². The summed E-state index contributed by atoms with van der Waals surface area (Å²) in [6.45, 7) is 14.4. The van der Waals surface area contributed by atoms with Gasteiger partial charge < -0.3 is 9.64 Å². The number of nitrogens with zero attached hydrogens (tertiary/aromatic N) is 1. The van der Waals surface area contributed by atoms with Crippen molar-refractivity contribution in [3.05, 3.63) is 0 Å². The quantitative estimate of drug-likeness (QED) is 0.701. The highest BCUT2D eigenvalue weighted by atomic mass is 16.6. The van der Waals surface area contributed by atoms with Gasteiger partial charge in [-0.05, 0) is 46.5 Å². The summed E-state index contributed by atoms with van der Waals surface area (Å²) in [7, 11) is 0. The predicted molar refractivity (Wildman–Crippen MR) is 69.9 cm³/mol. The van der Waals surface area contributed by atoms with Crippen molar-refractivity contribution in [2.45, 2.75) is 72.6 Å². The van der Waals surface area contributed by atoms with Gasteiger partial charge in [-0.2, -0.15) is 0 Å². The van der Waals surface area contributed by atoms with Crippen LogP contribution in [0.5, 0.6) is 0 Å². The average Bonchev–Trinajstić information content (AvgIpc) is 2.35. The molecule has 1 rings (SSSR count). The molecule has 0 aromatic carbocycles. The van der Waals surface area contributed by atoms with Gasteiger partial charge in [-0.25, -0.2) is 4.79 Å². The van der Waals surface area contributed by atoms with Crippen LogP contribution in [0.1, 0.15) is 54.9 Å². The molecular weight excluding hydrogens is 214 g/mol. The molecule has 1 amide bonds. The molecule has 0 radical (unpaired) electrons. The molecule has 0 N–H and O–H groups in total. The molecule has 4 atom stereocenters. The van der Waals surface area contributed by atoms with Crippen LogP contribution in [0.4, 0.5) is 4.79 Å². The molecule has 1 fully saturated rings. The van der Waals surface area contributed by atoms with E-state index in [4.69, 9.17) is 4.74 Å². The lowest BCUT2D eigenvalue weighted by atomic mass is 9.88. The van der Waals surface area contributed by atoms with Gasteiger partial charge in [-0.3, -0.25) is 0 Å². The van der Waals surface area contributed by atoms with Crippen molar-refractivity contribution in [1.29, 1.82) is 0 Å². The Balaban J connectivity index is 2.81. The first-order valence-corrected chi connectivity index (χ1v) is 6.70. The molecule has 2 unspecified atom stereocenters. The molecule has 3 heteroatoms. The number of hydrogen-bond acceptors (Lipinski definition) is 2. The SMILES string of the molecule is CCC1C(C)N(C(=O)OC(C)(C)C)[C@@H](C)[C@H]1C. The molecule has 0 aromatic rings. The lowest BCUT2D eigenvalue weighted by Crippen LogP contribution is -2.43.